The molecule has 1 heterocycles. The first kappa shape index (κ1) is 16.8. The molecule has 2 aromatic rings. The van der Waals surface area contributed by atoms with Crippen molar-refractivity contribution in [3.8, 4) is 0 Å². The molecule has 0 fully saturated rings. The third-order valence-electron chi connectivity index (χ3n) is 3.59. The second-order valence-corrected chi connectivity index (χ2v) is 5.52. The lowest BCUT2D eigenvalue weighted by Crippen LogP contribution is -2.38. The minimum absolute atomic E-state index is 0.00114. The number of carbonyl (C=O) groups is 2. The molecule has 0 unspecified atom stereocenters. The summed E-state index contributed by atoms with van der Waals surface area (Å²) in [6.45, 7) is 6.21. The molecule has 0 spiro atoms. The third-order valence-corrected chi connectivity index (χ3v) is 3.59. The number of hydrogen-bond acceptors (Lipinski definition) is 3. The number of amides is 2. The predicted octanol–water partition coefficient (Wildman–Crippen LogP) is 3.39. The molecule has 0 radical (unpaired) electrons. The molecule has 0 aliphatic carbocycles. The molecule has 2 rings (SSSR count). The van der Waals surface area contributed by atoms with Gasteiger partial charge in [0, 0.05) is 17.8 Å². The summed E-state index contributed by atoms with van der Waals surface area (Å²) in [4.78, 5) is 26.3. The first-order chi connectivity index (χ1) is 11.0. The molecule has 0 bridgehead atoms. The van der Waals surface area contributed by atoms with Gasteiger partial charge in [-0.2, -0.15) is 0 Å². The third kappa shape index (κ3) is 4.22. The number of nitrogens with one attached hydrogen (secondary N) is 1. The Kier molecular flexibility index (Phi) is 5.57. The molecule has 0 saturated heterocycles. The van der Waals surface area contributed by atoms with Gasteiger partial charge in [0.05, 0.1) is 6.26 Å². The van der Waals surface area contributed by atoms with Crippen molar-refractivity contribution in [1.29, 1.82) is 0 Å². The fourth-order valence-electron chi connectivity index (χ4n) is 2.33. The lowest BCUT2D eigenvalue weighted by atomic mass is 10.2. The summed E-state index contributed by atoms with van der Waals surface area (Å²) in [5, 5.41) is 2.85. The number of rotatable bonds is 6. The topological polar surface area (TPSA) is 62.6 Å². The van der Waals surface area contributed by atoms with Crippen LogP contribution in [0.3, 0.4) is 0 Å². The zero-order valence-corrected chi connectivity index (χ0v) is 13.8. The van der Waals surface area contributed by atoms with Gasteiger partial charge in [-0.05, 0) is 38.0 Å². The van der Waals surface area contributed by atoms with Crippen LogP contribution in [0.2, 0.25) is 0 Å². The van der Waals surface area contributed by atoms with Crippen molar-refractivity contribution in [1.82, 2.24) is 4.90 Å². The van der Waals surface area contributed by atoms with Crippen LogP contribution in [0, 0.1) is 13.8 Å². The molecular weight excluding hydrogens is 292 g/mol. The Bertz CT molecular complexity index is 691. The lowest BCUT2D eigenvalue weighted by molar-refractivity contribution is -0.116. The maximum atomic E-state index is 12.5. The molecule has 0 saturated carbocycles. The SMILES string of the molecule is CCCN(CC(=O)Nc1ccccc1C)C(=O)c1occc1C. The van der Waals surface area contributed by atoms with E-state index in [0.717, 1.165) is 23.2 Å². The molecule has 122 valence electrons. The Morgan fingerprint density at radius 3 is 2.48 bits per heavy atom. The Morgan fingerprint density at radius 2 is 1.87 bits per heavy atom. The van der Waals surface area contributed by atoms with Crippen LogP contribution in [0.5, 0.6) is 0 Å². The van der Waals surface area contributed by atoms with E-state index in [1.807, 2.05) is 45.0 Å². The molecule has 1 N–H and O–H groups in total. The van der Waals surface area contributed by atoms with Crippen LogP contribution in [0.15, 0.2) is 41.0 Å². The van der Waals surface area contributed by atoms with E-state index in [2.05, 4.69) is 5.32 Å². The summed E-state index contributed by atoms with van der Waals surface area (Å²) in [6.07, 6.45) is 2.25. The molecular formula is C18H22N2O3. The van der Waals surface area contributed by atoms with Crippen molar-refractivity contribution in [2.75, 3.05) is 18.4 Å². The highest BCUT2D eigenvalue weighted by Crippen LogP contribution is 2.15. The molecule has 0 aliphatic heterocycles. The summed E-state index contributed by atoms with van der Waals surface area (Å²) in [6, 6.07) is 9.29. The van der Waals surface area contributed by atoms with Gasteiger partial charge < -0.3 is 14.6 Å². The van der Waals surface area contributed by atoms with Crippen molar-refractivity contribution in [2.45, 2.75) is 27.2 Å². The summed E-state index contributed by atoms with van der Waals surface area (Å²) in [7, 11) is 0. The fraction of sp³-hybridized carbons (Fsp3) is 0.333. The number of carbonyl (C=O) groups excluding carboxylic acids is 2. The minimum Gasteiger partial charge on any atom is -0.459 e. The van der Waals surface area contributed by atoms with Gasteiger partial charge in [0.15, 0.2) is 5.76 Å². The highest BCUT2D eigenvalue weighted by Gasteiger charge is 2.22. The summed E-state index contributed by atoms with van der Waals surface area (Å²) >= 11 is 0. The van der Waals surface area contributed by atoms with Gasteiger partial charge in [0.1, 0.15) is 6.54 Å². The van der Waals surface area contributed by atoms with E-state index in [4.69, 9.17) is 4.42 Å². The second kappa shape index (κ2) is 7.63. The normalized spacial score (nSPS) is 10.4. The van der Waals surface area contributed by atoms with Gasteiger partial charge in [0.2, 0.25) is 5.91 Å². The maximum absolute atomic E-state index is 12.5. The lowest BCUT2D eigenvalue weighted by Gasteiger charge is -2.21. The molecule has 1 aromatic carbocycles. The smallest absolute Gasteiger partial charge is 0.290 e. The Balaban J connectivity index is 2.07. The van der Waals surface area contributed by atoms with Crippen molar-refractivity contribution < 1.29 is 14.0 Å². The predicted molar refractivity (Wildman–Crippen MR) is 89.4 cm³/mol. The van der Waals surface area contributed by atoms with E-state index >= 15 is 0 Å². The average Bonchev–Trinajstić information content (AvgIpc) is 2.94. The number of anilines is 1. The Labute approximate surface area is 136 Å². The molecule has 1 aromatic heterocycles. The summed E-state index contributed by atoms with van der Waals surface area (Å²) in [5.41, 5.74) is 2.52. The van der Waals surface area contributed by atoms with E-state index in [-0.39, 0.29) is 18.4 Å². The number of benzene rings is 1. The van der Waals surface area contributed by atoms with E-state index in [9.17, 15) is 9.59 Å². The fourth-order valence-corrected chi connectivity index (χ4v) is 2.33. The molecule has 5 nitrogen and oxygen atoms in total. The zero-order chi connectivity index (χ0) is 16.8. The summed E-state index contributed by atoms with van der Waals surface area (Å²) in [5.74, 6) is -0.179. The quantitative estimate of drug-likeness (QED) is 0.889. The van der Waals surface area contributed by atoms with Gasteiger partial charge >= 0.3 is 0 Å². The monoisotopic (exact) mass is 314 g/mol. The molecule has 0 aliphatic rings. The number of aryl methyl sites for hydroxylation is 2. The number of para-hydroxylation sites is 1. The highest BCUT2D eigenvalue weighted by molar-refractivity contribution is 5.98. The van der Waals surface area contributed by atoms with Gasteiger partial charge in [-0.3, -0.25) is 9.59 Å². The zero-order valence-electron chi connectivity index (χ0n) is 13.8. The van der Waals surface area contributed by atoms with Crippen molar-refractivity contribution in [3.05, 3.63) is 53.5 Å². The van der Waals surface area contributed by atoms with E-state index in [0.29, 0.717) is 12.3 Å². The van der Waals surface area contributed by atoms with E-state index in [1.54, 1.807) is 6.07 Å². The van der Waals surface area contributed by atoms with E-state index in [1.165, 1.54) is 11.2 Å². The van der Waals surface area contributed by atoms with Crippen LogP contribution in [0.4, 0.5) is 5.69 Å². The standard InChI is InChI=1S/C18H22N2O3/c1-4-10-20(18(22)17-14(3)9-11-23-17)12-16(21)19-15-8-6-5-7-13(15)2/h5-9,11H,4,10,12H2,1-3H3,(H,19,21). The summed E-state index contributed by atoms with van der Waals surface area (Å²) < 4.78 is 5.25. The van der Waals surface area contributed by atoms with Gasteiger partial charge in [-0.25, -0.2) is 0 Å². The number of furan rings is 1. The van der Waals surface area contributed by atoms with Crippen LogP contribution in [-0.2, 0) is 4.79 Å². The first-order valence-corrected chi connectivity index (χ1v) is 7.71. The minimum atomic E-state index is -0.255. The van der Waals surface area contributed by atoms with Crippen LogP contribution in [0.1, 0.15) is 35.0 Å². The maximum Gasteiger partial charge on any atom is 0.290 e. The number of hydrogen-bond donors (Lipinski definition) is 1. The van der Waals surface area contributed by atoms with Crippen molar-refractivity contribution in [2.24, 2.45) is 0 Å². The Morgan fingerprint density at radius 1 is 1.13 bits per heavy atom. The van der Waals surface area contributed by atoms with Crippen LogP contribution < -0.4 is 5.32 Å². The molecule has 5 heteroatoms. The molecule has 2 amide bonds. The second-order valence-electron chi connectivity index (χ2n) is 5.52. The van der Waals surface area contributed by atoms with Crippen molar-refractivity contribution in [3.63, 3.8) is 0 Å². The van der Waals surface area contributed by atoms with Crippen molar-refractivity contribution >= 4 is 17.5 Å². The average molecular weight is 314 g/mol. The van der Waals surface area contributed by atoms with E-state index < -0.39 is 0 Å². The van der Waals surface area contributed by atoms with Gasteiger partial charge in [0.25, 0.3) is 5.91 Å². The van der Waals surface area contributed by atoms with Crippen LogP contribution in [-0.4, -0.2) is 29.8 Å². The highest BCUT2D eigenvalue weighted by atomic mass is 16.3. The largest absolute Gasteiger partial charge is 0.459 e. The first-order valence-electron chi connectivity index (χ1n) is 7.71. The Hall–Kier alpha value is -2.56. The molecule has 23 heavy (non-hydrogen) atoms. The number of nitrogens with zero attached hydrogens (tertiary/aromatic N) is 1. The van der Waals surface area contributed by atoms with Gasteiger partial charge in [-0.15, -0.1) is 0 Å². The van der Waals surface area contributed by atoms with Crippen LogP contribution in [0.25, 0.3) is 0 Å². The molecule has 0 atom stereocenters. The van der Waals surface area contributed by atoms with Crippen LogP contribution >= 0.6 is 0 Å². The van der Waals surface area contributed by atoms with Gasteiger partial charge in [-0.1, -0.05) is 25.1 Å².